The number of aliphatic hydroxyl groups is 1. The number of rotatable bonds is 13. The molecule has 3 aliphatic rings. The third-order valence-corrected chi connectivity index (χ3v) is 8.52. The molecule has 6 atom stereocenters. The molecule has 0 aromatic heterocycles. The lowest BCUT2D eigenvalue weighted by atomic mass is 9.65. The molecular formula is C30H40N2O6. The maximum absolute atomic E-state index is 14.4. The van der Waals surface area contributed by atoms with Crippen molar-refractivity contribution in [1.82, 2.24) is 9.80 Å². The fourth-order valence-electron chi connectivity index (χ4n) is 6.71. The first-order chi connectivity index (χ1) is 18.3. The number of carbonyl (C=O) groups excluding carboxylic acids is 3. The molecule has 1 spiro atoms. The lowest BCUT2D eigenvalue weighted by molar-refractivity contribution is -0.163. The average Bonchev–Trinajstić information content (AvgIpc) is 3.54. The first kappa shape index (κ1) is 28.0. The third kappa shape index (κ3) is 4.58. The smallest absolute Gasteiger partial charge is 0.312 e. The summed E-state index contributed by atoms with van der Waals surface area (Å²) in [6.45, 7) is 11.8. The van der Waals surface area contributed by atoms with Crippen LogP contribution in [0, 0.1) is 11.8 Å². The van der Waals surface area contributed by atoms with Gasteiger partial charge in [0.1, 0.15) is 17.6 Å². The van der Waals surface area contributed by atoms with Crippen molar-refractivity contribution in [2.24, 2.45) is 11.8 Å². The number of benzene rings is 1. The van der Waals surface area contributed by atoms with Gasteiger partial charge in [0.25, 0.3) is 0 Å². The van der Waals surface area contributed by atoms with Crippen LogP contribution in [-0.2, 0) is 30.4 Å². The van der Waals surface area contributed by atoms with Crippen LogP contribution in [0.25, 0.3) is 0 Å². The Morgan fingerprint density at radius 1 is 1.26 bits per heavy atom. The van der Waals surface area contributed by atoms with Crippen molar-refractivity contribution in [3.05, 3.63) is 61.2 Å². The van der Waals surface area contributed by atoms with Gasteiger partial charge in [-0.15, -0.1) is 13.2 Å². The molecule has 2 bridgehead atoms. The standard InChI is InChI=1S/C30H40N2O6/c1-5-8-12-18-37-28(36)24-23-26(34)32(21(4)20-33)25(30(23)16-15-29(24,7-3)38-30)27(35)31(17-6-2)19-22-13-10-9-11-14-22/h5-6,9-11,13-14,21,23-25,33H,1-2,7-8,12,15-20H2,3-4H3/t21-,23+,24-,25?,29+,30?/m1/s1. The molecule has 0 aliphatic carbocycles. The van der Waals surface area contributed by atoms with Crippen LogP contribution in [0.1, 0.15) is 51.5 Å². The second kappa shape index (κ2) is 11.4. The first-order valence-corrected chi connectivity index (χ1v) is 13.6. The van der Waals surface area contributed by atoms with E-state index in [1.807, 2.05) is 37.3 Å². The molecule has 3 aliphatic heterocycles. The van der Waals surface area contributed by atoms with Crippen LogP contribution in [-0.4, -0.2) is 75.7 Å². The largest absolute Gasteiger partial charge is 0.465 e. The van der Waals surface area contributed by atoms with Crippen molar-refractivity contribution < 1.29 is 29.0 Å². The monoisotopic (exact) mass is 524 g/mol. The topological polar surface area (TPSA) is 96.4 Å². The van der Waals surface area contributed by atoms with Gasteiger partial charge in [0.05, 0.1) is 30.8 Å². The number of unbranched alkanes of at least 4 members (excludes halogenated alkanes) is 1. The van der Waals surface area contributed by atoms with E-state index in [-0.39, 0.29) is 31.6 Å². The van der Waals surface area contributed by atoms with Crippen molar-refractivity contribution in [3.63, 3.8) is 0 Å². The number of ether oxygens (including phenoxy) is 2. The first-order valence-electron chi connectivity index (χ1n) is 13.6. The summed E-state index contributed by atoms with van der Waals surface area (Å²) in [6.07, 6.45) is 6.38. The molecule has 8 heteroatoms. The minimum Gasteiger partial charge on any atom is -0.465 e. The Kier molecular flexibility index (Phi) is 8.43. The molecule has 1 aromatic rings. The van der Waals surface area contributed by atoms with Crippen LogP contribution in [0.3, 0.4) is 0 Å². The Balaban J connectivity index is 1.72. The summed E-state index contributed by atoms with van der Waals surface area (Å²) in [5.74, 6) is -2.69. The van der Waals surface area contributed by atoms with Crippen LogP contribution in [0.4, 0.5) is 0 Å². The van der Waals surface area contributed by atoms with Crippen molar-refractivity contribution in [2.45, 2.75) is 75.8 Å². The molecule has 2 unspecified atom stereocenters. The summed E-state index contributed by atoms with van der Waals surface area (Å²) < 4.78 is 12.4. The average molecular weight is 525 g/mol. The quantitative estimate of drug-likeness (QED) is 0.242. The normalized spacial score (nSPS) is 30.1. The maximum Gasteiger partial charge on any atom is 0.312 e. The number of aliphatic hydroxyl groups excluding tert-OH is 1. The highest BCUT2D eigenvalue weighted by Gasteiger charge is 2.79. The molecule has 206 valence electrons. The molecule has 1 aromatic carbocycles. The fraction of sp³-hybridized carbons (Fsp3) is 0.567. The second-order valence-electron chi connectivity index (χ2n) is 10.7. The second-order valence-corrected chi connectivity index (χ2v) is 10.7. The van der Waals surface area contributed by atoms with Gasteiger partial charge in [-0.1, -0.05) is 49.4 Å². The Morgan fingerprint density at radius 2 is 2.00 bits per heavy atom. The van der Waals surface area contributed by atoms with E-state index in [4.69, 9.17) is 9.47 Å². The number of carbonyl (C=O) groups is 3. The van der Waals surface area contributed by atoms with Crippen LogP contribution >= 0.6 is 0 Å². The van der Waals surface area contributed by atoms with Gasteiger partial charge in [0, 0.05) is 13.1 Å². The summed E-state index contributed by atoms with van der Waals surface area (Å²) >= 11 is 0. The predicted molar refractivity (Wildman–Crippen MR) is 143 cm³/mol. The van der Waals surface area contributed by atoms with Crippen LogP contribution in [0.2, 0.25) is 0 Å². The van der Waals surface area contributed by atoms with E-state index < -0.39 is 41.1 Å². The minimum absolute atomic E-state index is 0.234. The third-order valence-electron chi connectivity index (χ3n) is 8.52. The van der Waals surface area contributed by atoms with Crippen LogP contribution < -0.4 is 0 Å². The number of hydrogen-bond donors (Lipinski definition) is 1. The van der Waals surface area contributed by atoms with E-state index >= 15 is 0 Å². The number of nitrogens with zero attached hydrogens (tertiary/aromatic N) is 2. The molecule has 38 heavy (non-hydrogen) atoms. The lowest BCUT2D eigenvalue weighted by Gasteiger charge is -2.38. The van der Waals surface area contributed by atoms with E-state index in [0.29, 0.717) is 32.2 Å². The Hall–Kier alpha value is -2.97. The summed E-state index contributed by atoms with van der Waals surface area (Å²) in [4.78, 5) is 45.1. The highest BCUT2D eigenvalue weighted by molar-refractivity contribution is 5.98. The van der Waals surface area contributed by atoms with Crippen LogP contribution in [0.5, 0.6) is 0 Å². The number of hydrogen-bond acceptors (Lipinski definition) is 6. The fourth-order valence-corrected chi connectivity index (χ4v) is 6.71. The zero-order valence-electron chi connectivity index (χ0n) is 22.5. The van der Waals surface area contributed by atoms with E-state index in [1.54, 1.807) is 24.0 Å². The SMILES string of the molecule is C=CCCCOC(=O)[C@H]1[C@H]2C(=O)N([C@H](C)CO)C(C(=O)N(CC=C)Cc3ccccc3)C23CC[C@]1(CC)O3. The predicted octanol–water partition coefficient (Wildman–Crippen LogP) is 3.25. The molecule has 4 rings (SSSR count). The van der Waals surface area contributed by atoms with Gasteiger partial charge < -0.3 is 24.4 Å². The summed E-state index contributed by atoms with van der Waals surface area (Å²) in [6, 6.07) is 8.05. The Labute approximate surface area is 225 Å². The van der Waals surface area contributed by atoms with Crippen molar-refractivity contribution >= 4 is 17.8 Å². The van der Waals surface area contributed by atoms with Crippen LogP contribution in [0.15, 0.2) is 55.6 Å². The molecule has 2 amide bonds. The Bertz CT molecular complexity index is 1060. The number of allylic oxidation sites excluding steroid dienone is 1. The number of likely N-dealkylation sites (tertiary alicyclic amines) is 1. The molecule has 3 fully saturated rings. The minimum atomic E-state index is -1.16. The summed E-state index contributed by atoms with van der Waals surface area (Å²) in [5.41, 5.74) is -1.06. The van der Waals surface area contributed by atoms with Gasteiger partial charge >= 0.3 is 5.97 Å². The molecule has 0 radical (unpaired) electrons. The highest BCUT2D eigenvalue weighted by Crippen LogP contribution is 2.64. The lowest BCUT2D eigenvalue weighted by Crippen LogP contribution is -2.58. The molecule has 1 N–H and O–H groups in total. The van der Waals surface area contributed by atoms with E-state index in [1.165, 1.54) is 4.90 Å². The van der Waals surface area contributed by atoms with Gasteiger partial charge in [0.2, 0.25) is 11.8 Å². The number of amides is 2. The van der Waals surface area contributed by atoms with Crippen molar-refractivity contribution in [3.8, 4) is 0 Å². The summed E-state index contributed by atoms with van der Waals surface area (Å²) in [7, 11) is 0. The molecular weight excluding hydrogens is 484 g/mol. The number of esters is 1. The van der Waals surface area contributed by atoms with Gasteiger partial charge in [0.15, 0.2) is 0 Å². The maximum atomic E-state index is 14.4. The molecule has 3 heterocycles. The number of fused-ring (bicyclic) bond motifs is 1. The Morgan fingerprint density at radius 3 is 2.63 bits per heavy atom. The zero-order valence-corrected chi connectivity index (χ0v) is 22.5. The molecule has 8 nitrogen and oxygen atoms in total. The van der Waals surface area contributed by atoms with E-state index in [9.17, 15) is 19.5 Å². The zero-order chi connectivity index (χ0) is 27.5. The van der Waals surface area contributed by atoms with Gasteiger partial charge in [-0.05, 0) is 44.6 Å². The van der Waals surface area contributed by atoms with Gasteiger partial charge in [-0.3, -0.25) is 14.4 Å². The highest BCUT2D eigenvalue weighted by atomic mass is 16.6. The molecule has 0 saturated carbocycles. The van der Waals surface area contributed by atoms with Crippen molar-refractivity contribution in [1.29, 1.82) is 0 Å². The van der Waals surface area contributed by atoms with E-state index in [2.05, 4.69) is 13.2 Å². The summed E-state index contributed by atoms with van der Waals surface area (Å²) in [5, 5.41) is 10.1. The van der Waals surface area contributed by atoms with Crippen molar-refractivity contribution in [2.75, 3.05) is 19.8 Å². The van der Waals surface area contributed by atoms with E-state index in [0.717, 1.165) is 12.0 Å². The van der Waals surface area contributed by atoms with Gasteiger partial charge in [-0.2, -0.15) is 0 Å². The van der Waals surface area contributed by atoms with Gasteiger partial charge in [-0.25, -0.2) is 0 Å². The molecule has 3 saturated heterocycles.